The summed E-state index contributed by atoms with van der Waals surface area (Å²) in [6.45, 7) is 5.68. The Hall–Kier alpha value is -7.13. The molecule has 0 bridgehead atoms. The van der Waals surface area contributed by atoms with Crippen LogP contribution >= 0.6 is 0 Å². The van der Waals surface area contributed by atoms with Crippen LogP contribution in [0.5, 0.6) is 5.75 Å². The van der Waals surface area contributed by atoms with Crippen molar-refractivity contribution in [3.05, 3.63) is 216 Å². The molecular formula is C62H52N3OPt-. The zero-order valence-corrected chi connectivity index (χ0v) is 40.2. The molecule has 2 aromatic heterocycles. The predicted octanol–water partition coefficient (Wildman–Crippen LogP) is 16.1. The van der Waals surface area contributed by atoms with Crippen LogP contribution in [0.2, 0.25) is 0 Å². The van der Waals surface area contributed by atoms with Gasteiger partial charge in [0.1, 0.15) is 11.6 Å². The Morgan fingerprint density at radius 1 is 0.537 bits per heavy atom. The molecule has 5 heteroatoms. The van der Waals surface area contributed by atoms with Gasteiger partial charge in [-0.3, -0.25) is 9.55 Å². The molecule has 0 unspecified atom stereocenters. The fraction of sp³-hybridized carbons (Fsp3) is 0.129. The van der Waals surface area contributed by atoms with E-state index in [9.17, 15) is 5.11 Å². The maximum atomic E-state index is 12.0. The fourth-order valence-electron chi connectivity index (χ4n) is 8.95. The first kappa shape index (κ1) is 38.0. The summed E-state index contributed by atoms with van der Waals surface area (Å²) in [7, 11) is 0. The number of pyridine rings is 1. The Labute approximate surface area is 417 Å². The van der Waals surface area contributed by atoms with Crippen LogP contribution in [0.15, 0.2) is 182 Å². The van der Waals surface area contributed by atoms with Crippen molar-refractivity contribution in [1.29, 1.82) is 0 Å². The van der Waals surface area contributed by atoms with Crippen LogP contribution < -0.4 is 0 Å². The van der Waals surface area contributed by atoms with Crippen molar-refractivity contribution >= 4 is 11.0 Å². The molecule has 0 amide bonds. The number of phenols is 1. The number of imidazole rings is 1. The average Bonchev–Trinajstić information content (AvgIpc) is 3.76. The third kappa shape index (κ3) is 8.83. The van der Waals surface area contributed by atoms with Crippen molar-refractivity contribution in [1.82, 2.24) is 14.5 Å². The summed E-state index contributed by atoms with van der Waals surface area (Å²) >= 11 is 0. The van der Waals surface area contributed by atoms with Crippen LogP contribution in [-0.4, -0.2) is 19.6 Å². The first-order chi connectivity index (χ1) is 34.3. The van der Waals surface area contributed by atoms with Gasteiger partial charge in [0.15, 0.2) is 0 Å². The largest absolute Gasteiger partial charge is 0.507 e. The number of aromatic nitrogens is 3. The van der Waals surface area contributed by atoms with Gasteiger partial charge in [-0.25, -0.2) is 4.98 Å². The summed E-state index contributed by atoms with van der Waals surface area (Å²) < 4.78 is 52.6. The van der Waals surface area contributed by atoms with Crippen molar-refractivity contribution in [2.75, 3.05) is 0 Å². The zero-order valence-electron chi connectivity index (χ0n) is 43.9. The normalized spacial score (nSPS) is 13.1. The molecule has 0 aliphatic heterocycles. The number of nitrogens with zero attached hydrogens (tertiary/aromatic N) is 3. The number of aromatic hydroxyl groups is 1. The summed E-state index contributed by atoms with van der Waals surface area (Å²) in [4.78, 5) is 10.3. The molecule has 332 valence electrons. The second-order valence-corrected chi connectivity index (χ2v) is 18.1. The molecule has 0 atom stereocenters. The average molecular weight is 1060 g/mol. The van der Waals surface area contributed by atoms with E-state index in [4.69, 9.17) is 18.2 Å². The van der Waals surface area contributed by atoms with Crippen LogP contribution in [0, 0.1) is 33.6 Å². The van der Waals surface area contributed by atoms with Crippen molar-refractivity contribution in [2.24, 2.45) is 0 Å². The fourth-order valence-corrected chi connectivity index (χ4v) is 8.95. The number of aryl methyl sites for hydroxylation is 4. The Balaban J connectivity index is 0.00000656. The maximum absolute atomic E-state index is 12.0. The number of para-hydroxylation sites is 1. The van der Waals surface area contributed by atoms with Crippen LogP contribution in [0.3, 0.4) is 0 Å². The molecule has 1 N–H and O–H groups in total. The molecular weight excluding hydrogens is 998 g/mol. The second-order valence-electron chi connectivity index (χ2n) is 18.1. The van der Waals surface area contributed by atoms with E-state index < -0.39 is 13.7 Å². The number of hydrogen-bond donors (Lipinski definition) is 1. The van der Waals surface area contributed by atoms with Crippen molar-refractivity contribution < 1.29 is 34.4 Å². The third-order valence-corrected chi connectivity index (χ3v) is 12.4. The van der Waals surface area contributed by atoms with Crippen LogP contribution in [0.25, 0.3) is 95.0 Å². The van der Waals surface area contributed by atoms with Crippen LogP contribution in [0.1, 0.15) is 56.8 Å². The molecule has 10 aromatic rings. The van der Waals surface area contributed by atoms with E-state index in [1.54, 1.807) is 24.4 Å². The van der Waals surface area contributed by atoms with Crippen molar-refractivity contribution in [3.8, 4) is 89.7 Å². The monoisotopic (exact) mass is 1060 g/mol. The van der Waals surface area contributed by atoms with Crippen molar-refractivity contribution in [2.45, 2.75) is 53.7 Å². The van der Waals surface area contributed by atoms with Gasteiger partial charge in [-0.05, 0) is 119 Å². The molecule has 0 spiro atoms. The van der Waals surface area contributed by atoms with Gasteiger partial charge in [0, 0.05) is 46.7 Å². The molecule has 0 saturated carbocycles. The number of hydrogen-bond acceptors (Lipinski definition) is 3. The zero-order chi connectivity index (χ0) is 50.7. The van der Waals surface area contributed by atoms with Gasteiger partial charge in [-0.2, -0.15) is 0 Å². The van der Waals surface area contributed by atoms with E-state index >= 15 is 0 Å². The molecule has 0 aliphatic carbocycles. The summed E-state index contributed by atoms with van der Waals surface area (Å²) in [5.41, 5.74) is 15.1. The Morgan fingerprint density at radius 3 is 1.91 bits per heavy atom. The number of rotatable bonds is 8. The van der Waals surface area contributed by atoms with E-state index in [-0.39, 0.29) is 43.4 Å². The number of phenolic OH excluding ortho intramolecular Hbond substituents is 1. The topological polar surface area (TPSA) is 50.9 Å². The first-order valence-corrected chi connectivity index (χ1v) is 22.2. The molecule has 2 heterocycles. The third-order valence-electron chi connectivity index (χ3n) is 12.4. The minimum absolute atomic E-state index is 0. The molecule has 8 aromatic carbocycles. The quantitative estimate of drug-likeness (QED) is 0.154. The van der Waals surface area contributed by atoms with Gasteiger partial charge >= 0.3 is 0 Å². The van der Waals surface area contributed by atoms with Crippen LogP contribution in [0.4, 0.5) is 0 Å². The van der Waals surface area contributed by atoms with Gasteiger partial charge in [0.25, 0.3) is 0 Å². The molecule has 4 nitrogen and oxygen atoms in total. The van der Waals surface area contributed by atoms with Gasteiger partial charge in [-0.15, -0.1) is 23.8 Å². The Morgan fingerprint density at radius 2 is 1.21 bits per heavy atom. The molecule has 67 heavy (non-hydrogen) atoms. The second kappa shape index (κ2) is 18.3. The number of fused-ring (bicyclic) bond motifs is 1. The van der Waals surface area contributed by atoms with Gasteiger partial charge in [0.2, 0.25) is 0 Å². The summed E-state index contributed by atoms with van der Waals surface area (Å²) in [5.74, 6) is 0.516. The minimum atomic E-state index is -2.51. The molecule has 10 rings (SSSR count). The molecule has 0 radical (unpaired) electrons. The van der Waals surface area contributed by atoms with Crippen LogP contribution in [-0.2, 0) is 26.5 Å². The Kier molecular flexibility index (Phi) is 10.4. The van der Waals surface area contributed by atoms with Crippen molar-refractivity contribution in [3.63, 3.8) is 0 Å². The van der Waals surface area contributed by atoms with E-state index in [0.29, 0.717) is 44.9 Å². The smallest absolute Gasteiger partial charge is 0.148 e. The molecule has 0 aliphatic rings. The molecule has 0 fully saturated rings. The predicted molar refractivity (Wildman–Crippen MR) is 275 cm³/mol. The standard InChI is InChI=1S/C62H52N3O.Pt/c1-39-21-23-44(24-22-39)47-29-30-63-56(37-47)50-35-48(43-15-10-8-11-16-43)34-49(36-50)52-19-14-20-57-59(52)64-61(55-32-40(2)31-42(4)60(55)66)65(57)58-33-41(3)53(45-17-12-9-13-18-45)38-54(58)46-25-27-51(28-26-46)62(5,6)7;/h8-35,37-38,66H,1-7H3;/q-1;/i1D3,3D3;. The summed E-state index contributed by atoms with van der Waals surface area (Å²) in [6, 6.07) is 60.6. The number of benzene rings is 8. The SMILES string of the molecule is [2H]C([2H])([2H])c1ccc(-c2ccnc(-c3[c-]c(-c4cccc5c4nc(-c4cc(C)cc(C)c4O)n5-c4cc(C([2H])([2H])[2H])c(-c5ccccc5)cc4-c4ccc(C(C)(C)C)cc4)cc(-c4ccccc4)c3)c2)cc1.[Pt]. The van der Waals surface area contributed by atoms with E-state index in [0.717, 1.165) is 66.8 Å². The van der Waals surface area contributed by atoms with Gasteiger partial charge in [-0.1, -0.05) is 176 Å². The van der Waals surface area contributed by atoms with Gasteiger partial charge in [0.05, 0.1) is 22.3 Å². The van der Waals surface area contributed by atoms with E-state index in [1.807, 2.05) is 128 Å². The summed E-state index contributed by atoms with van der Waals surface area (Å²) in [6.07, 6.45) is 1.75. The maximum Gasteiger partial charge on any atom is 0.148 e. The van der Waals surface area contributed by atoms with Gasteiger partial charge < -0.3 is 5.11 Å². The minimum Gasteiger partial charge on any atom is -0.507 e. The molecule has 0 saturated heterocycles. The van der Waals surface area contributed by atoms with E-state index in [2.05, 4.69) is 75.4 Å². The summed E-state index contributed by atoms with van der Waals surface area (Å²) in [5, 5.41) is 12.0. The Bertz CT molecular complexity index is 3650. The van der Waals surface area contributed by atoms with E-state index in [1.165, 1.54) is 0 Å². The first-order valence-electron chi connectivity index (χ1n) is 25.2.